The second-order valence-electron chi connectivity index (χ2n) is 7.09. The smallest absolute Gasteiger partial charge is 0.320 e. The van der Waals surface area contributed by atoms with Crippen molar-refractivity contribution in [3.05, 3.63) is 40.2 Å². The number of alkyl halides is 3. The van der Waals surface area contributed by atoms with Gasteiger partial charge in [0.25, 0.3) is 5.91 Å². The predicted molar refractivity (Wildman–Crippen MR) is 103 cm³/mol. The summed E-state index contributed by atoms with van der Waals surface area (Å²) in [7, 11) is 0. The van der Waals surface area contributed by atoms with Crippen molar-refractivity contribution in [3.63, 3.8) is 0 Å². The summed E-state index contributed by atoms with van der Waals surface area (Å²) in [6, 6.07) is 5.49. The van der Waals surface area contributed by atoms with Gasteiger partial charge in [0.05, 0.1) is 16.8 Å². The Morgan fingerprint density at radius 2 is 1.90 bits per heavy atom. The van der Waals surface area contributed by atoms with E-state index in [1.165, 1.54) is 6.20 Å². The zero-order chi connectivity index (χ0) is 20.6. The lowest BCUT2D eigenvalue weighted by molar-refractivity contribution is -0.134. The molecule has 10 heteroatoms. The van der Waals surface area contributed by atoms with E-state index in [2.05, 4.69) is 10.3 Å². The molecular weight excluding hydrogens is 405 g/mol. The molecule has 6 nitrogen and oxygen atoms in total. The molecule has 4 rings (SSSR count). The highest BCUT2D eigenvalue weighted by atomic mass is 32.1. The van der Waals surface area contributed by atoms with Gasteiger partial charge in [0.1, 0.15) is 10.7 Å². The Morgan fingerprint density at radius 3 is 2.52 bits per heavy atom. The predicted octanol–water partition coefficient (Wildman–Crippen LogP) is 4.60. The first kappa shape index (κ1) is 19.7. The third kappa shape index (κ3) is 4.07. The van der Waals surface area contributed by atoms with E-state index >= 15 is 0 Å². The molecule has 0 radical (unpaired) electrons. The van der Waals surface area contributed by atoms with E-state index in [1.54, 1.807) is 17.0 Å². The number of halogens is 3. The maximum Gasteiger partial charge on any atom is 0.425 e. The van der Waals surface area contributed by atoms with E-state index in [4.69, 9.17) is 0 Å². The minimum atomic E-state index is -4.47. The maximum absolute atomic E-state index is 12.7. The van der Waals surface area contributed by atoms with Gasteiger partial charge in [-0.05, 0) is 37.1 Å². The van der Waals surface area contributed by atoms with E-state index < -0.39 is 17.0 Å². The van der Waals surface area contributed by atoms with Gasteiger partial charge in [-0.1, -0.05) is 12.8 Å². The fraction of sp³-hybridized carbons (Fsp3) is 0.421. The van der Waals surface area contributed by atoms with Crippen LogP contribution in [-0.2, 0) is 6.18 Å². The summed E-state index contributed by atoms with van der Waals surface area (Å²) in [5.41, 5.74) is 0.347. The topological polar surface area (TPSA) is 65.5 Å². The lowest BCUT2D eigenvalue weighted by atomic mass is 10.2. The fourth-order valence-corrected chi connectivity index (χ4v) is 4.51. The molecule has 1 aliphatic carbocycles. The molecule has 0 atom stereocenters. The number of carbonyl (C=O) groups excluding carboxylic acids is 2. The summed E-state index contributed by atoms with van der Waals surface area (Å²) in [6.45, 7) is 1.23. The highest BCUT2D eigenvalue weighted by Gasteiger charge is 2.36. The quantitative estimate of drug-likeness (QED) is 0.780. The van der Waals surface area contributed by atoms with Crippen molar-refractivity contribution in [2.24, 2.45) is 0 Å². The van der Waals surface area contributed by atoms with Crippen LogP contribution in [-0.4, -0.2) is 41.0 Å². The van der Waals surface area contributed by atoms with Gasteiger partial charge in [0.2, 0.25) is 0 Å². The number of pyridine rings is 1. The Hall–Kier alpha value is -2.62. The van der Waals surface area contributed by atoms with Gasteiger partial charge >= 0.3 is 12.2 Å². The van der Waals surface area contributed by atoms with E-state index in [0.717, 1.165) is 37.8 Å². The summed E-state index contributed by atoms with van der Waals surface area (Å²) in [4.78, 5) is 31.7. The number of amides is 3. The zero-order valence-corrected chi connectivity index (χ0v) is 16.2. The van der Waals surface area contributed by atoms with Crippen molar-refractivity contribution in [2.75, 3.05) is 23.3 Å². The van der Waals surface area contributed by atoms with Gasteiger partial charge in [-0.3, -0.25) is 9.69 Å². The Kier molecular flexibility index (Phi) is 5.20. The van der Waals surface area contributed by atoms with Crippen LogP contribution in [0.2, 0.25) is 0 Å². The number of aromatic nitrogens is 1. The highest BCUT2D eigenvalue weighted by molar-refractivity contribution is 7.14. The summed E-state index contributed by atoms with van der Waals surface area (Å²) >= 11 is 0.387. The van der Waals surface area contributed by atoms with Crippen LogP contribution in [0.1, 0.15) is 40.2 Å². The Balaban J connectivity index is 1.40. The van der Waals surface area contributed by atoms with Crippen molar-refractivity contribution < 1.29 is 22.8 Å². The molecule has 1 saturated heterocycles. The Morgan fingerprint density at radius 1 is 1.14 bits per heavy atom. The fourth-order valence-electron chi connectivity index (χ4n) is 3.75. The molecule has 3 amide bonds. The first-order valence-corrected chi connectivity index (χ1v) is 10.2. The van der Waals surface area contributed by atoms with Gasteiger partial charge in [-0.2, -0.15) is 13.2 Å². The summed E-state index contributed by atoms with van der Waals surface area (Å²) < 4.78 is 38.0. The molecule has 1 aliphatic heterocycles. The molecule has 2 aromatic rings. The number of carbonyl (C=O) groups is 2. The second-order valence-corrected chi connectivity index (χ2v) is 8.17. The van der Waals surface area contributed by atoms with Gasteiger partial charge in [-0.15, -0.1) is 11.3 Å². The molecule has 154 valence electrons. The molecule has 2 aromatic heterocycles. The number of nitrogens with one attached hydrogen (secondary N) is 1. The molecule has 29 heavy (non-hydrogen) atoms. The molecular formula is C19H19F3N4O2S. The lowest BCUT2D eigenvalue weighted by Gasteiger charge is -2.23. The van der Waals surface area contributed by atoms with E-state index in [9.17, 15) is 22.8 Å². The number of anilines is 2. The van der Waals surface area contributed by atoms with Crippen LogP contribution in [0.4, 0.5) is 29.5 Å². The van der Waals surface area contributed by atoms with Crippen LogP contribution >= 0.6 is 11.3 Å². The standard InChI is InChI=1S/C19H19F3N4O2S/c20-19(21,22)15-7-6-14(29-15)17(27)24-12-5-8-16(23-11-12)26-10-9-25(18(26)28)13-3-1-2-4-13/h5-8,11,13H,1-4,9-10H2,(H,24,27). The van der Waals surface area contributed by atoms with Crippen LogP contribution < -0.4 is 10.2 Å². The average molecular weight is 424 g/mol. The summed E-state index contributed by atoms with van der Waals surface area (Å²) in [5.74, 6) is -0.145. The molecule has 2 fully saturated rings. The van der Waals surface area contributed by atoms with E-state index in [0.29, 0.717) is 42.0 Å². The van der Waals surface area contributed by atoms with Crippen LogP contribution in [0, 0.1) is 0 Å². The normalized spacial score (nSPS) is 18.0. The van der Waals surface area contributed by atoms with Crippen LogP contribution in [0.25, 0.3) is 0 Å². The van der Waals surface area contributed by atoms with Gasteiger partial charge in [0, 0.05) is 19.1 Å². The second kappa shape index (κ2) is 7.66. The minimum absolute atomic E-state index is 0.0386. The number of rotatable bonds is 4. The van der Waals surface area contributed by atoms with Gasteiger partial charge < -0.3 is 10.2 Å². The van der Waals surface area contributed by atoms with Crippen molar-refractivity contribution in [3.8, 4) is 0 Å². The van der Waals surface area contributed by atoms with Crippen molar-refractivity contribution in [1.82, 2.24) is 9.88 Å². The van der Waals surface area contributed by atoms with Crippen molar-refractivity contribution >= 4 is 34.8 Å². The number of thiophene rings is 1. The third-order valence-electron chi connectivity index (χ3n) is 5.20. The summed E-state index contributed by atoms with van der Waals surface area (Å²) in [5, 5.41) is 2.53. The van der Waals surface area contributed by atoms with Crippen LogP contribution in [0.3, 0.4) is 0 Å². The van der Waals surface area contributed by atoms with Crippen molar-refractivity contribution in [1.29, 1.82) is 0 Å². The number of hydrogen-bond donors (Lipinski definition) is 1. The SMILES string of the molecule is O=C(Nc1ccc(N2CCN(C3CCCC3)C2=O)nc1)c1ccc(C(F)(F)F)s1. The molecule has 2 aliphatic rings. The third-order valence-corrected chi connectivity index (χ3v) is 6.33. The van der Waals surface area contributed by atoms with Crippen LogP contribution in [0.15, 0.2) is 30.5 Å². The molecule has 0 aromatic carbocycles. The first-order chi connectivity index (χ1) is 13.8. The number of urea groups is 1. The molecule has 3 heterocycles. The lowest BCUT2D eigenvalue weighted by Crippen LogP contribution is -2.38. The van der Waals surface area contributed by atoms with Gasteiger partial charge in [-0.25, -0.2) is 9.78 Å². The number of nitrogens with zero attached hydrogens (tertiary/aromatic N) is 3. The number of hydrogen-bond acceptors (Lipinski definition) is 4. The van der Waals surface area contributed by atoms with Crippen molar-refractivity contribution in [2.45, 2.75) is 37.9 Å². The minimum Gasteiger partial charge on any atom is -0.320 e. The molecule has 1 saturated carbocycles. The molecule has 1 N–H and O–H groups in total. The molecule has 0 unspecified atom stereocenters. The largest absolute Gasteiger partial charge is 0.425 e. The molecule has 0 bridgehead atoms. The van der Waals surface area contributed by atoms with E-state index in [1.807, 2.05) is 4.90 Å². The van der Waals surface area contributed by atoms with Gasteiger partial charge in [0.15, 0.2) is 0 Å². The maximum atomic E-state index is 12.7. The highest BCUT2D eigenvalue weighted by Crippen LogP contribution is 2.35. The first-order valence-electron chi connectivity index (χ1n) is 9.35. The molecule has 0 spiro atoms. The summed E-state index contributed by atoms with van der Waals surface area (Å²) in [6.07, 6.45) is 1.30. The van der Waals surface area contributed by atoms with E-state index in [-0.39, 0.29) is 10.9 Å². The Labute approximate surface area is 169 Å². The average Bonchev–Trinajstić information content (AvgIpc) is 3.42. The monoisotopic (exact) mass is 424 g/mol. The van der Waals surface area contributed by atoms with Crippen LogP contribution in [0.5, 0.6) is 0 Å². The zero-order valence-electron chi connectivity index (χ0n) is 15.4. The Bertz CT molecular complexity index is 907.